The van der Waals surface area contributed by atoms with E-state index < -0.39 is 0 Å². The van der Waals surface area contributed by atoms with Gasteiger partial charge in [0.15, 0.2) is 0 Å². The van der Waals surface area contributed by atoms with E-state index in [2.05, 4.69) is 9.80 Å². The van der Waals surface area contributed by atoms with Crippen molar-refractivity contribution in [3.05, 3.63) is 59.7 Å². The molecule has 2 fully saturated rings. The van der Waals surface area contributed by atoms with Gasteiger partial charge in [-0.3, -0.25) is 9.59 Å². The van der Waals surface area contributed by atoms with Gasteiger partial charge < -0.3 is 29.5 Å². The molecule has 0 amide bonds. The Kier molecular flexibility index (Phi) is 15.0. The molecule has 0 unspecified atom stereocenters. The molecule has 0 aromatic heterocycles. The highest BCUT2D eigenvalue weighted by molar-refractivity contribution is 8.76. The lowest BCUT2D eigenvalue weighted by Crippen LogP contribution is -2.36. The number of phenols is 2. The van der Waals surface area contributed by atoms with E-state index in [1.54, 1.807) is 48.5 Å². The smallest absolute Gasteiger partial charge is 0.310 e. The zero-order valence-electron chi connectivity index (χ0n) is 25.7. The summed E-state index contributed by atoms with van der Waals surface area (Å²) in [6.45, 7) is 7.77. The first-order chi connectivity index (χ1) is 21.4. The average molecular weight is 645 g/mol. The van der Waals surface area contributed by atoms with Gasteiger partial charge in [0.2, 0.25) is 0 Å². The van der Waals surface area contributed by atoms with Crippen LogP contribution in [0.3, 0.4) is 0 Å². The van der Waals surface area contributed by atoms with Crippen molar-refractivity contribution in [3.63, 3.8) is 0 Å². The summed E-state index contributed by atoms with van der Waals surface area (Å²) >= 11 is 0. The van der Waals surface area contributed by atoms with Crippen LogP contribution in [0.1, 0.15) is 49.7 Å². The number of carbonyl (C=O) groups is 2. The molecular weight excluding hydrogens is 597 g/mol. The maximum atomic E-state index is 12.1. The van der Waals surface area contributed by atoms with Crippen LogP contribution in [0.4, 0.5) is 0 Å². The van der Waals surface area contributed by atoms with Crippen LogP contribution in [0.25, 0.3) is 0 Å². The maximum absolute atomic E-state index is 12.1. The molecule has 2 heterocycles. The molecule has 0 radical (unpaired) electrons. The van der Waals surface area contributed by atoms with Crippen LogP contribution in [0.2, 0.25) is 0 Å². The number of esters is 2. The molecule has 2 aromatic carbocycles. The minimum atomic E-state index is -0.203. The second-order valence-electron chi connectivity index (χ2n) is 11.9. The van der Waals surface area contributed by atoms with E-state index >= 15 is 0 Å². The number of nitrogens with zero attached hydrogens (tertiary/aromatic N) is 2. The van der Waals surface area contributed by atoms with Crippen LogP contribution in [0.15, 0.2) is 48.5 Å². The van der Waals surface area contributed by atoms with Crippen molar-refractivity contribution in [1.82, 2.24) is 9.80 Å². The molecule has 8 nitrogen and oxygen atoms in total. The van der Waals surface area contributed by atoms with Gasteiger partial charge in [-0.15, -0.1) is 0 Å². The van der Waals surface area contributed by atoms with Gasteiger partial charge in [-0.05, 0) is 112 Å². The van der Waals surface area contributed by atoms with E-state index in [0.29, 0.717) is 25.0 Å². The van der Waals surface area contributed by atoms with Crippen LogP contribution in [-0.2, 0) is 31.9 Å². The minimum Gasteiger partial charge on any atom is -0.508 e. The molecule has 44 heavy (non-hydrogen) atoms. The van der Waals surface area contributed by atoms with Gasteiger partial charge in [0, 0.05) is 24.6 Å². The van der Waals surface area contributed by atoms with Gasteiger partial charge in [0.1, 0.15) is 11.5 Å². The van der Waals surface area contributed by atoms with Crippen molar-refractivity contribution in [2.24, 2.45) is 11.8 Å². The molecule has 10 heteroatoms. The zero-order valence-corrected chi connectivity index (χ0v) is 27.4. The van der Waals surface area contributed by atoms with Crippen LogP contribution >= 0.6 is 21.6 Å². The highest BCUT2D eigenvalue weighted by Crippen LogP contribution is 2.26. The fourth-order valence-electron chi connectivity index (χ4n) is 5.79. The highest BCUT2D eigenvalue weighted by atomic mass is 33.1. The van der Waals surface area contributed by atoms with E-state index in [1.165, 1.54) is 25.7 Å². The molecule has 4 rings (SSSR count). The molecule has 2 saturated heterocycles. The summed E-state index contributed by atoms with van der Waals surface area (Å²) in [4.78, 5) is 29.3. The van der Waals surface area contributed by atoms with Crippen LogP contribution in [0, 0.1) is 11.8 Å². The second-order valence-corrected chi connectivity index (χ2v) is 14.6. The minimum absolute atomic E-state index is 0.203. The number of carbonyl (C=O) groups excluding carboxylic acids is 2. The molecule has 2 aliphatic rings. The van der Waals surface area contributed by atoms with Gasteiger partial charge in [-0.1, -0.05) is 45.9 Å². The average Bonchev–Trinajstić information content (AvgIpc) is 3.02. The van der Waals surface area contributed by atoms with E-state index in [-0.39, 0.29) is 36.3 Å². The summed E-state index contributed by atoms with van der Waals surface area (Å²) in [5.41, 5.74) is 1.71. The van der Waals surface area contributed by atoms with E-state index in [4.69, 9.17) is 9.47 Å². The Morgan fingerprint density at radius 1 is 0.636 bits per heavy atom. The number of rotatable bonds is 17. The van der Waals surface area contributed by atoms with Crippen LogP contribution in [-0.4, -0.2) is 95.9 Å². The summed E-state index contributed by atoms with van der Waals surface area (Å²) < 4.78 is 10.9. The van der Waals surface area contributed by atoms with Gasteiger partial charge >= 0.3 is 11.9 Å². The Morgan fingerprint density at radius 3 is 1.36 bits per heavy atom. The molecule has 0 atom stereocenters. The predicted octanol–water partition coefficient (Wildman–Crippen LogP) is 5.56. The van der Waals surface area contributed by atoms with Gasteiger partial charge in [0.25, 0.3) is 0 Å². The van der Waals surface area contributed by atoms with Gasteiger partial charge in [-0.2, -0.15) is 0 Å². The molecule has 242 valence electrons. The summed E-state index contributed by atoms with van der Waals surface area (Å²) in [6.07, 6.45) is 7.06. The van der Waals surface area contributed by atoms with Crippen molar-refractivity contribution >= 4 is 33.5 Å². The van der Waals surface area contributed by atoms with Crippen LogP contribution < -0.4 is 0 Å². The number of ether oxygens (including phenoxy) is 2. The van der Waals surface area contributed by atoms with Crippen molar-refractivity contribution in [3.8, 4) is 11.5 Å². The summed E-state index contributed by atoms with van der Waals surface area (Å²) in [5.74, 6) is 3.56. The molecule has 0 aliphatic carbocycles. The number of likely N-dealkylation sites (tertiary alicyclic amines) is 2. The number of piperidine rings is 2. The molecule has 0 spiro atoms. The van der Waals surface area contributed by atoms with E-state index in [0.717, 1.165) is 74.7 Å². The Labute approximate surface area is 270 Å². The molecule has 0 bridgehead atoms. The standard InChI is InChI=1S/C34H48N2O6S2/c37-31-5-1-29(2-6-31)25-33(39)41-21-13-27-9-15-35(16-10-27)19-23-43-44-24-20-36-17-11-28(12-18-36)14-22-42-34(40)26-30-3-7-32(38)8-4-30/h1-8,27-28,37-38H,9-26H2. The Hall–Kier alpha value is -2.40. The van der Waals surface area contributed by atoms with E-state index in [9.17, 15) is 19.8 Å². The first-order valence-corrected chi connectivity index (χ1v) is 18.5. The topological polar surface area (TPSA) is 99.5 Å². The predicted molar refractivity (Wildman–Crippen MR) is 178 cm³/mol. The first-order valence-electron chi connectivity index (χ1n) is 16.0. The van der Waals surface area contributed by atoms with Crippen LogP contribution in [0.5, 0.6) is 11.5 Å². The van der Waals surface area contributed by atoms with Crippen molar-refractivity contribution in [1.29, 1.82) is 0 Å². The molecule has 2 aromatic rings. The fourth-order valence-corrected chi connectivity index (χ4v) is 7.85. The molecule has 2 N–H and O–H groups in total. The summed E-state index contributed by atoms with van der Waals surface area (Å²) in [5, 5.41) is 18.7. The normalized spacial score (nSPS) is 17.0. The summed E-state index contributed by atoms with van der Waals surface area (Å²) in [6, 6.07) is 13.4. The third kappa shape index (κ3) is 13.3. The van der Waals surface area contributed by atoms with Crippen molar-refractivity contribution in [2.75, 3.05) is 64.0 Å². The third-order valence-corrected chi connectivity index (χ3v) is 11.0. The highest BCUT2D eigenvalue weighted by Gasteiger charge is 2.21. The Balaban J connectivity index is 0.930. The van der Waals surface area contributed by atoms with Gasteiger partial charge in [-0.25, -0.2) is 0 Å². The lowest BCUT2D eigenvalue weighted by molar-refractivity contribution is -0.144. The fraction of sp³-hybridized carbons (Fsp3) is 0.588. The number of hydrogen-bond donors (Lipinski definition) is 2. The Bertz CT molecular complexity index is 1030. The number of phenolic OH excluding ortho intramolecular Hbond substituents is 2. The quantitative estimate of drug-likeness (QED) is 0.130. The largest absolute Gasteiger partial charge is 0.508 e. The number of benzene rings is 2. The van der Waals surface area contributed by atoms with Crippen molar-refractivity contribution < 1.29 is 29.3 Å². The lowest BCUT2D eigenvalue weighted by Gasteiger charge is -2.32. The monoisotopic (exact) mass is 644 g/mol. The van der Waals surface area contributed by atoms with Gasteiger partial charge in [0.05, 0.1) is 26.1 Å². The molecule has 0 saturated carbocycles. The lowest BCUT2D eigenvalue weighted by atomic mass is 9.94. The SMILES string of the molecule is O=C(Cc1ccc(O)cc1)OCCC1CCN(CCSSCCN2CCC(CCOC(=O)Cc3ccc(O)cc3)CC2)CC1. The first kappa shape index (κ1) is 34.5. The number of hydrogen-bond acceptors (Lipinski definition) is 10. The molecular formula is C34H48N2O6S2. The molecule has 2 aliphatic heterocycles. The number of aromatic hydroxyl groups is 2. The summed E-state index contributed by atoms with van der Waals surface area (Å²) in [7, 11) is 3.97. The maximum Gasteiger partial charge on any atom is 0.310 e. The third-order valence-electron chi connectivity index (χ3n) is 8.63. The van der Waals surface area contributed by atoms with Crippen molar-refractivity contribution in [2.45, 2.75) is 51.4 Å². The second kappa shape index (κ2) is 19.2. The van der Waals surface area contributed by atoms with E-state index in [1.807, 2.05) is 21.6 Å². The Morgan fingerprint density at radius 2 is 1.00 bits per heavy atom. The zero-order chi connectivity index (χ0) is 31.0.